The van der Waals surface area contributed by atoms with Crippen molar-refractivity contribution in [2.45, 2.75) is 63.8 Å². The van der Waals surface area contributed by atoms with Gasteiger partial charge < -0.3 is 19.3 Å². The number of benzene rings is 1. The van der Waals surface area contributed by atoms with Gasteiger partial charge in [-0.15, -0.1) is 0 Å². The van der Waals surface area contributed by atoms with Gasteiger partial charge in [-0.05, 0) is 56.9 Å². The summed E-state index contributed by atoms with van der Waals surface area (Å²) in [5, 5.41) is 0. The molecule has 1 aromatic heterocycles. The van der Waals surface area contributed by atoms with Gasteiger partial charge in [0.25, 0.3) is 11.8 Å². The molecular weight excluding hydrogens is 442 g/mol. The lowest BCUT2D eigenvalue weighted by atomic mass is 9.88. The molecule has 1 aliphatic carbocycles. The minimum absolute atomic E-state index is 0.0359. The van der Waals surface area contributed by atoms with E-state index in [0.29, 0.717) is 41.8 Å². The van der Waals surface area contributed by atoms with Gasteiger partial charge in [-0.3, -0.25) is 14.6 Å². The van der Waals surface area contributed by atoms with E-state index in [1.165, 1.54) is 19.3 Å². The highest BCUT2D eigenvalue weighted by molar-refractivity contribution is 5.96. The molecule has 2 fully saturated rings. The van der Waals surface area contributed by atoms with Crippen LogP contribution in [0.4, 0.5) is 0 Å². The Hall–Kier alpha value is -3.09. The SMILES string of the molecule is COc1cc(OC)cc(C(=O)N2CCC(c3nc(C)ccc3C(=O)N(C)C3CCCCC3)CC2)c1. The van der Waals surface area contributed by atoms with E-state index in [1.54, 1.807) is 32.4 Å². The van der Waals surface area contributed by atoms with E-state index in [0.717, 1.165) is 37.1 Å². The Morgan fingerprint density at radius 1 is 0.943 bits per heavy atom. The maximum atomic E-state index is 13.5. The van der Waals surface area contributed by atoms with Crippen molar-refractivity contribution in [3.05, 3.63) is 52.8 Å². The van der Waals surface area contributed by atoms with E-state index < -0.39 is 0 Å². The fourth-order valence-electron chi connectivity index (χ4n) is 5.36. The molecule has 0 spiro atoms. The van der Waals surface area contributed by atoms with Gasteiger partial charge in [0.05, 0.1) is 25.5 Å². The standard InChI is InChI=1S/C28H37N3O4/c1-19-10-11-25(28(33)30(2)22-8-6-5-7-9-22)26(29-19)20-12-14-31(15-13-20)27(32)21-16-23(34-3)18-24(17-21)35-4/h10-11,16-18,20,22H,5-9,12-15H2,1-4H3. The monoisotopic (exact) mass is 479 g/mol. The number of rotatable bonds is 6. The minimum atomic E-state index is -0.0359. The summed E-state index contributed by atoms with van der Waals surface area (Å²) in [5.41, 5.74) is 3.07. The normalized spacial score (nSPS) is 17.2. The molecule has 0 unspecified atom stereocenters. The van der Waals surface area contributed by atoms with Crippen molar-refractivity contribution in [1.82, 2.24) is 14.8 Å². The van der Waals surface area contributed by atoms with Crippen LogP contribution in [0.15, 0.2) is 30.3 Å². The Kier molecular flexibility index (Phi) is 7.93. The number of carbonyl (C=O) groups is 2. The molecule has 2 aliphatic rings. The average Bonchev–Trinajstić information content (AvgIpc) is 2.92. The van der Waals surface area contributed by atoms with Gasteiger partial charge in [0.15, 0.2) is 0 Å². The Balaban J connectivity index is 1.48. The highest BCUT2D eigenvalue weighted by Gasteiger charge is 2.31. The lowest BCUT2D eigenvalue weighted by molar-refractivity contribution is 0.0680. The van der Waals surface area contributed by atoms with Crippen LogP contribution in [0.1, 0.15) is 83.0 Å². The van der Waals surface area contributed by atoms with Crippen LogP contribution in [0.3, 0.4) is 0 Å². The van der Waals surface area contributed by atoms with Crippen LogP contribution < -0.4 is 9.47 Å². The number of amides is 2. The summed E-state index contributed by atoms with van der Waals surface area (Å²) in [6, 6.07) is 9.44. The zero-order chi connectivity index (χ0) is 24.9. The van der Waals surface area contributed by atoms with Crippen molar-refractivity contribution in [2.75, 3.05) is 34.4 Å². The number of likely N-dealkylation sites (tertiary alicyclic amines) is 1. The summed E-state index contributed by atoms with van der Waals surface area (Å²) >= 11 is 0. The van der Waals surface area contributed by atoms with Gasteiger partial charge in [0, 0.05) is 49.4 Å². The van der Waals surface area contributed by atoms with Crippen molar-refractivity contribution in [1.29, 1.82) is 0 Å². The van der Waals surface area contributed by atoms with Crippen molar-refractivity contribution < 1.29 is 19.1 Å². The van der Waals surface area contributed by atoms with Crippen LogP contribution in [0.5, 0.6) is 11.5 Å². The topological polar surface area (TPSA) is 72.0 Å². The van der Waals surface area contributed by atoms with Crippen LogP contribution in [-0.2, 0) is 0 Å². The molecule has 0 atom stereocenters. The van der Waals surface area contributed by atoms with Crippen LogP contribution in [0.2, 0.25) is 0 Å². The third kappa shape index (κ3) is 5.60. The summed E-state index contributed by atoms with van der Waals surface area (Å²) in [5.74, 6) is 1.37. The van der Waals surface area contributed by atoms with E-state index in [1.807, 2.05) is 35.9 Å². The Morgan fingerprint density at radius 2 is 1.57 bits per heavy atom. The van der Waals surface area contributed by atoms with Gasteiger partial charge in [-0.25, -0.2) is 0 Å². The fraction of sp³-hybridized carbons (Fsp3) is 0.536. The quantitative estimate of drug-likeness (QED) is 0.593. The first-order valence-corrected chi connectivity index (χ1v) is 12.7. The highest BCUT2D eigenvalue weighted by Crippen LogP contribution is 2.32. The van der Waals surface area contributed by atoms with E-state index in [-0.39, 0.29) is 17.7 Å². The largest absolute Gasteiger partial charge is 0.497 e. The Morgan fingerprint density at radius 3 is 2.17 bits per heavy atom. The van der Waals surface area contributed by atoms with E-state index in [4.69, 9.17) is 14.5 Å². The number of aromatic nitrogens is 1. The molecule has 35 heavy (non-hydrogen) atoms. The summed E-state index contributed by atoms with van der Waals surface area (Å²) in [4.78, 5) is 35.3. The first-order valence-electron chi connectivity index (χ1n) is 12.7. The molecule has 1 saturated heterocycles. The fourth-order valence-corrected chi connectivity index (χ4v) is 5.36. The van der Waals surface area contributed by atoms with Crippen molar-refractivity contribution in [2.24, 2.45) is 0 Å². The second kappa shape index (κ2) is 11.1. The van der Waals surface area contributed by atoms with Gasteiger partial charge in [0.1, 0.15) is 11.5 Å². The molecule has 0 N–H and O–H groups in total. The van der Waals surface area contributed by atoms with Crippen LogP contribution in [-0.4, -0.2) is 67.0 Å². The van der Waals surface area contributed by atoms with Crippen LogP contribution in [0, 0.1) is 6.92 Å². The number of methoxy groups -OCH3 is 2. The molecule has 2 aromatic rings. The van der Waals surface area contributed by atoms with Crippen LogP contribution in [0.25, 0.3) is 0 Å². The summed E-state index contributed by atoms with van der Waals surface area (Å²) in [7, 11) is 5.09. The highest BCUT2D eigenvalue weighted by atomic mass is 16.5. The number of piperidine rings is 1. The number of hydrogen-bond donors (Lipinski definition) is 0. The number of hydrogen-bond acceptors (Lipinski definition) is 5. The number of carbonyl (C=O) groups excluding carboxylic acids is 2. The van der Waals surface area contributed by atoms with Crippen molar-refractivity contribution in [3.8, 4) is 11.5 Å². The Labute approximate surface area is 208 Å². The molecule has 7 heteroatoms. The second-order valence-corrected chi connectivity index (χ2v) is 9.76. The maximum Gasteiger partial charge on any atom is 0.255 e. The zero-order valence-corrected chi connectivity index (χ0v) is 21.4. The van der Waals surface area contributed by atoms with Gasteiger partial charge in [-0.2, -0.15) is 0 Å². The summed E-state index contributed by atoms with van der Waals surface area (Å²) < 4.78 is 10.6. The van der Waals surface area contributed by atoms with Crippen molar-refractivity contribution >= 4 is 11.8 Å². The van der Waals surface area contributed by atoms with E-state index in [2.05, 4.69) is 0 Å². The molecule has 1 saturated carbocycles. The molecule has 1 aliphatic heterocycles. The second-order valence-electron chi connectivity index (χ2n) is 9.76. The lowest BCUT2D eigenvalue weighted by Gasteiger charge is -2.34. The molecule has 188 valence electrons. The number of nitrogens with zero attached hydrogens (tertiary/aromatic N) is 3. The molecular formula is C28H37N3O4. The smallest absolute Gasteiger partial charge is 0.255 e. The number of pyridine rings is 1. The maximum absolute atomic E-state index is 13.5. The van der Waals surface area contributed by atoms with E-state index in [9.17, 15) is 9.59 Å². The van der Waals surface area contributed by atoms with Crippen LogP contribution >= 0.6 is 0 Å². The molecule has 2 heterocycles. The molecule has 0 bridgehead atoms. The van der Waals surface area contributed by atoms with Crippen molar-refractivity contribution in [3.63, 3.8) is 0 Å². The predicted octanol–water partition coefficient (Wildman–Crippen LogP) is 4.83. The molecule has 7 nitrogen and oxygen atoms in total. The zero-order valence-electron chi connectivity index (χ0n) is 21.4. The minimum Gasteiger partial charge on any atom is -0.497 e. The lowest BCUT2D eigenvalue weighted by Crippen LogP contribution is -2.40. The van der Waals surface area contributed by atoms with Gasteiger partial charge in [0.2, 0.25) is 0 Å². The molecule has 2 amide bonds. The summed E-state index contributed by atoms with van der Waals surface area (Å²) in [6.07, 6.45) is 7.34. The molecule has 1 aromatic carbocycles. The molecule has 4 rings (SSSR count). The average molecular weight is 480 g/mol. The third-order valence-electron chi connectivity index (χ3n) is 7.50. The molecule has 0 radical (unpaired) electrons. The first kappa shape index (κ1) is 25.0. The summed E-state index contributed by atoms with van der Waals surface area (Å²) in [6.45, 7) is 3.20. The predicted molar refractivity (Wildman–Crippen MR) is 135 cm³/mol. The number of aryl methyl sites for hydroxylation is 1. The first-order chi connectivity index (χ1) is 16.9. The van der Waals surface area contributed by atoms with Gasteiger partial charge >= 0.3 is 0 Å². The Bertz CT molecular complexity index is 1030. The number of ether oxygens (including phenoxy) is 2. The van der Waals surface area contributed by atoms with E-state index >= 15 is 0 Å². The third-order valence-corrected chi connectivity index (χ3v) is 7.50. The van der Waals surface area contributed by atoms with Gasteiger partial charge in [-0.1, -0.05) is 19.3 Å².